The number of hydrogen-bond acceptors (Lipinski definition) is 10. The highest BCUT2D eigenvalue weighted by Crippen LogP contribution is 2.33. The standard InChI is InChI=1S/C31H26F3N7O8S/c1-19-6-8-20(9-7-19)26-16-27(31(32,33)34)35-40(26)21-10-12-23(13-11-21)50(46,47)36-30(44)48-17-22-14-15-39(22)41(45)37-49-18-38-28(42)24-4-2-3-5-25(24)29(38)43/h2-13,16,22H,14-15,17-18H2,1H3,(H,36,44)/t22-/m0/s1. The van der Waals surface area contributed by atoms with E-state index in [0.29, 0.717) is 12.0 Å². The number of nitrogens with zero attached hydrogens (tertiary/aromatic N) is 6. The summed E-state index contributed by atoms with van der Waals surface area (Å²) in [6.45, 7) is 0.991. The van der Waals surface area contributed by atoms with Crippen molar-refractivity contribution in [1.29, 1.82) is 0 Å². The fourth-order valence-corrected chi connectivity index (χ4v) is 6.03. The maximum Gasteiger partial charge on any atom is 0.435 e. The molecule has 2 aliphatic heterocycles. The molecule has 0 radical (unpaired) electrons. The van der Waals surface area contributed by atoms with Crippen LogP contribution in [0.5, 0.6) is 0 Å². The fourth-order valence-electron chi connectivity index (χ4n) is 5.14. The topological polar surface area (TPSA) is 179 Å². The molecule has 3 heterocycles. The second kappa shape index (κ2) is 13.1. The van der Waals surface area contributed by atoms with Gasteiger partial charge in [-0.3, -0.25) is 9.59 Å². The average Bonchev–Trinajstić information content (AvgIpc) is 3.61. The maximum atomic E-state index is 13.5. The molecule has 1 aromatic heterocycles. The molecule has 15 nitrogen and oxygen atoms in total. The molecular formula is C31H26F3N7O8S. The zero-order chi connectivity index (χ0) is 35.8. The van der Waals surface area contributed by atoms with Crippen LogP contribution in [-0.4, -0.2) is 76.9 Å². The zero-order valence-corrected chi connectivity index (χ0v) is 26.7. The summed E-state index contributed by atoms with van der Waals surface area (Å²) in [5, 5.41) is 20.5. The zero-order valence-electron chi connectivity index (χ0n) is 25.9. The Morgan fingerprint density at radius 2 is 1.68 bits per heavy atom. The highest BCUT2D eigenvalue weighted by atomic mass is 32.2. The molecule has 1 fully saturated rings. The molecule has 19 heteroatoms. The molecule has 4 aromatic rings. The van der Waals surface area contributed by atoms with Gasteiger partial charge in [0.05, 0.1) is 38.9 Å². The minimum Gasteiger partial charge on any atom is -0.569 e. The number of ether oxygens (including phenoxy) is 1. The van der Waals surface area contributed by atoms with E-state index in [0.717, 1.165) is 38.4 Å². The summed E-state index contributed by atoms with van der Waals surface area (Å²) in [6, 6.07) is 17.8. The number of sulfonamides is 1. The molecule has 0 aliphatic carbocycles. The lowest BCUT2D eigenvalue weighted by Gasteiger charge is -2.34. The van der Waals surface area contributed by atoms with E-state index in [4.69, 9.17) is 9.57 Å². The number of imide groups is 1. The van der Waals surface area contributed by atoms with E-state index >= 15 is 0 Å². The van der Waals surface area contributed by atoms with Gasteiger partial charge in [-0.1, -0.05) is 42.0 Å². The highest BCUT2D eigenvalue weighted by molar-refractivity contribution is 7.90. The Labute approximate surface area is 281 Å². The van der Waals surface area contributed by atoms with Gasteiger partial charge in [-0.25, -0.2) is 27.5 Å². The first kappa shape index (κ1) is 33.9. The quantitative estimate of drug-likeness (QED) is 0.107. The van der Waals surface area contributed by atoms with Gasteiger partial charge in [-0.2, -0.15) is 18.3 Å². The van der Waals surface area contributed by atoms with Crippen LogP contribution < -0.4 is 4.72 Å². The third-order valence-corrected chi connectivity index (χ3v) is 9.22. The number of amides is 3. The SMILES string of the molecule is Cc1ccc(-c2cc(C(F)(F)F)nn2-c2ccc(S(=O)(=O)NC(=O)OC[C@@H]3CCN3[N+]([O-])=NOCN3C(=O)c4ccccc4C3=O)cc2)cc1. The molecule has 50 heavy (non-hydrogen) atoms. The lowest BCUT2D eigenvalue weighted by atomic mass is 10.1. The van der Waals surface area contributed by atoms with Crippen molar-refractivity contribution in [1.82, 2.24) is 24.4 Å². The molecule has 3 amide bonds. The van der Waals surface area contributed by atoms with E-state index in [2.05, 4.69) is 10.4 Å². The third kappa shape index (κ3) is 6.79. The fraction of sp³-hybridized carbons (Fsp3) is 0.226. The van der Waals surface area contributed by atoms with Crippen molar-refractivity contribution in [3.8, 4) is 16.9 Å². The average molecular weight is 714 g/mol. The molecule has 260 valence electrons. The summed E-state index contributed by atoms with van der Waals surface area (Å²) < 4.78 is 74.1. The minimum atomic E-state index is -4.73. The van der Waals surface area contributed by atoms with Gasteiger partial charge in [-0.15, -0.1) is 5.01 Å². The van der Waals surface area contributed by atoms with Crippen LogP contribution in [0.3, 0.4) is 0 Å². The number of nitrogens with one attached hydrogen (secondary N) is 1. The van der Waals surface area contributed by atoms with Gasteiger partial charge in [0.25, 0.3) is 21.8 Å². The van der Waals surface area contributed by atoms with E-state index in [1.165, 1.54) is 24.3 Å². The second-order valence-corrected chi connectivity index (χ2v) is 12.9. The summed E-state index contributed by atoms with van der Waals surface area (Å²) in [6.07, 6.45) is -5.70. The number of benzene rings is 3. The van der Waals surface area contributed by atoms with Crippen molar-refractivity contribution in [2.45, 2.75) is 30.5 Å². The monoisotopic (exact) mass is 713 g/mol. The van der Waals surface area contributed by atoms with E-state index in [-0.39, 0.29) is 38.9 Å². The van der Waals surface area contributed by atoms with Gasteiger partial charge in [0.2, 0.25) is 12.0 Å². The predicted octanol–water partition coefficient (Wildman–Crippen LogP) is 4.42. The number of hydrazine groups is 1. The van der Waals surface area contributed by atoms with Gasteiger partial charge < -0.3 is 14.8 Å². The summed E-state index contributed by atoms with van der Waals surface area (Å²) in [5.41, 5.74) is 0.855. The van der Waals surface area contributed by atoms with E-state index in [1.54, 1.807) is 41.1 Å². The molecule has 0 unspecified atom stereocenters. The number of aromatic nitrogens is 2. The van der Waals surface area contributed by atoms with Crippen molar-refractivity contribution in [3.05, 3.63) is 106 Å². The maximum absolute atomic E-state index is 13.5. The molecular weight excluding hydrogens is 687 g/mol. The van der Waals surface area contributed by atoms with Crippen LogP contribution in [0.15, 0.2) is 89.0 Å². The van der Waals surface area contributed by atoms with E-state index in [1.807, 2.05) is 6.92 Å². The number of carbonyl (C=O) groups excluding carboxylic acids is 3. The number of fused-ring (bicyclic) bond motifs is 1. The smallest absolute Gasteiger partial charge is 0.435 e. The molecule has 2 aliphatic rings. The van der Waals surface area contributed by atoms with Crippen LogP contribution in [0, 0.1) is 12.1 Å². The van der Waals surface area contributed by atoms with Gasteiger partial charge in [0.1, 0.15) is 12.6 Å². The van der Waals surface area contributed by atoms with Crippen molar-refractivity contribution < 1.29 is 50.5 Å². The molecule has 3 aromatic carbocycles. The summed E-state index contributed by atoms with van der Waals surface area (Å²) in [5.74, 6) is -1.20. The number of hydrogen-bond donors (Lipinski definition) is 1. The number of halogens is 3. The molecule has 1 N–H and O–H groups in total. The Morgan fingerprint density at radius 3 is 2.26 bits per heavy atom. The van der Waals surface area contributed by atoms with E-state index < -0.39 is 59.2 Å². The molecule has 6 rings (SSSR count). The Hall–Kier alpha value is -5.98. The van der Waals surface area contributed by atoms with Crippen molar-refractivity contribution >= 4 is 27.9 Å². The summed E-state index contributed by atoms with van der Waals surface area (Å²) in [7, 11) is -4.48. The summed E-state index contributed by atoms with van der Waals surface area (Å²) >= 11 is 0. The first-order chi connectivity index (χ1) is 23.7. The van der Waals surface area contributed by atoms with Gasteiger partial charge in [0, 0.05) is 5.56 Å². The lowest BCUT2D eigenvalue weighted by molar-refractivity contribution is -0.732. The molecule has 0 saturated carbocycles. The molecule has 0 spiro atoms. The Morgan fingerprint density at radius 1 is 1.04 bits per heavy atom. The van der Waals surface area contributed by atoms with Crippen molar-refractivity contribution in [2.24, 2.45) is 5.28 Å². The Bertz CT molecular complexity index is 2070. The second-order valence-electron chi connectivity index (χ2n) is 11.2. The van der Waals surface area contributed by atoms with Gasteiger partial charge in [-0.05, 0) is 55.8 Å². The highest BCUT2D eigenvalue weighted by Gasteiger charge is 2.39. The third-order valence-electron chi connectivity index (χ3n) is 7.89. The molecule has 0 bridgehead atoms. The number of alkyl halides is 3. The van der Waals surface area contributed by atoms with Crippen molar-refractivity contribution in [2.75, 3.05) is 19.9 Å². The van der Waals surface area contributed by atoms with Crippen LogP contribution in [-0.2, 0) is 25.8 Å². The Kier molecular flexibility index (Phi) is 8.91. The first-order valence-corrected chi connectivity index (χ1v) is 16.3. The summed E-state index contributed by atoms with van der Waals surface area (Å²) in [4.78, 5) is 42.5. The molecule has 1 atom stereocenters. The van der Waals surface area contributed by atoms with Crippen molar-refractivity contribution in [3.63, 3.8) is 0 Å². The van der Waals surface area contributed by atoms with Gasteiger partial charge in [0.15, 0.2) is 5.69 Å². The minimum absolute atomic E-state index is 0.0629. The normalized spacial score (nSPS) is 16.2. The Balaban J connectivity index is 1.04. The van der Waals surface area contributed by atoms with Crippen LogP contribution in [0.2, 0.25) is 0 Å². The van der Waals surface area contributed by atoms with Crippen LogP contribution in [0.1, 0.15) is 38.4 Å². The number of aryl methyl sites for hydroxylation is 1. The largest absolute Gasteiger partial charge is 0.569 e. The molecule has 1 saturated heterocycles. The lowest BCUT2D eigenvalue weighted by Crippen LogP contribution is -2.54. The van der Waals surface area contributed by atoms with Crippen LogP contribution in [0.4, 0.5) is 18.0 Å². The van der Waals surface area contributed by atoms with Crippen LogP contribution in [0.25, 0.3) is 16.9 Å². The van der Waals surface area contributed by atoms with Gasteiger partial charge >= 0.3 is 12.3 Å². The van der Waals surface area contributed by atoms with E-state index in [9.17, 15) is 41.2 Å². The number of rotatable bonds is 10. The number of carbonyl (C=O) groups is 3. The predicted molar refractivity (Wildman–Crippen MR) is 164 cm³/mol. The first-order valence-electron chi connectivity index (χ1n) is 14.8. The van der Waals surface area contributed by atoms with Crippen LogP contribution >= 0.6 is 0 Å².